The van der Waals surface area contributed by atoms with E-state index < -0.39 is 5.97 Å². The van der Waals surface area contributed by atoms with Gasteiger partial charge in [-0.15, -0.1) is 0 Å². The highest BCUT2D eigenvalue weighted by Gasteiger charge is 2.33. The molecule has 10 heteroatoms. The monoisotopic (exact) mass is 530 g/mol. The Morgan fingerprint density at radius 3 is 2.67 bits per heavy atom. The Kier molecular flexibility index (Phi) is 9.74. The summed E-state index contributed by atoms with van der Waals surface area (Å²) in [7, 11) is 0. The first kappa shape index (κ1) is 27.9. The SMILES string of the molecule is CCCn1c(N2CCCC(C)C2)c(/C=C2/SC(=S)N(CCCCCC(=O)O)C2=O)c(C)c(C#N)c1=O. The van der Waals surface area contributed by atoms with Crippen molar-refractivity contribution < 1.29 is 14.7 Å². The summed E-state index contributed by atoms with van der Waals surface area (Å²) < 4.78 is 2.18. The average molecular weight is 531 g/mol. The number of aromatic nitrogens is 1. The molecule has 0 bridgehead atoms. The number of hydrogen-bond acceptors (Lipinski definition) is 7. The molecule has 2 fully saturated rings. The normalized spacial score (nSPS) is 19.3. The topological polar surface area (TPSA) is 107 Å². The molecular weight excluding hydrogens is 496 g/mol. The van der Waals surface area contributed by atoms with Crippen LogP contribution in [0.25, 0.3) is 6.08 Å². The predicted octanol–water partition coefficient (Wildman–Crippen LogP) is 4.52. The van der Waals surface area contributed by atoms with E-state index in [0.717, 1.165) is 43.7 Å². The fourth-order valence-corrected chi connectivity index (χ4v) is 6.13. The molecule has 0 aliphatic carbocycles. The molecule has 8 nitrogen and oxygen atoms in total. The maximum atomic E-state index is 13.3. The van der Waals surface area contributed by atoms with E-state index in [9.17, 15) is 19.6 Å². The lowest BCUT2D eigenvalue weighted by Gasteiger charge is -2.36. The Hall–Kier alpha value is -2.64. The standard InChI is InChI=1S/C26H34N4O4S2/c1-4-11-29-23(28-12-8-9-17(2)16-28)19(18(3)20(15-27)24(29)33)14-21-25(34)30(26(35)36-21)13-7-5-6-10-22(31)32/h14,17H,4-13,16H2,1-3H3,(H,31,32)/b21-14+. The number of carbonyl (C=O) groups excluding carboxylic acids is 1. The largest absolute Gasteiger partial charge is 0.481 e. The number of nitriles is 1. The number of thiocarbonyl (C=S) groups is 1. The van der Waals surface area contributed by atoms with Crippen LogP contribution >= 0.6 is 24.0 Å². The summed E-state index contributed by atoms with van der Waals surface area (Å²) in [6, 6.07) is 2.09. The van der Waals surface area contributed by atoms with E-state index in [1.165, 1.54) is 11.8 Å². The molecule has 2 saturated heterocycles. The first-order chi connectivity index (χ1) is 17.2. The van der Waals surface area contributed by atoms with Crippen molar-refractivity contribution in [2.45, 2.75) is 72.3 Å². The Morgan fingerprint density at radius 1 is 1.28 bits per heavy atom. The summed E-state index contributed by atoms with van der Waals surface area (Å²) in [5, 5.41) is 18.6. The van der Waals surface area contributed by atoms with Gasteiger partial charge in [-0.1, -0.05) is 44.2 Å². The third-order valence-electron chi connectivity index (χ3n) is 6.67. The first-order valence-electron chi connectivity index (χ1n) is 12.6. The number of rotatable bonds is 10. The lowest BCUT2D eigenvalue weighted by atomic mass is 9.98. The summed E-state index contributed by atoms with van der Waals surface area (Å²) >= 11 is 6.72. The molecule has 1 atom stereocenters. The predicted molar refractivity (Wildman–Crippen MR) is 147 cm³/mol. The van der Waals surface area contributed by atoms with Gasteiger partial charge in [0.2, 0.25) is 0 Å². The molecule has 0 radical (unpaired) electrons. The van der Waals surface area contributed by atoms with E-state index in [1.807, 2.05) is 6.92 Å². The second-order valence-electron chi connectivity index (χ2n) is 9.54. The van der Waals surface area contributed by atoms with E-state index >= 15 is 0 Å². The molecular formula is C26H34N4O4S2. The lowest BCUT2D eigenvalue weighted by molar-refractivity contribution is -0.137. The fraction of sp³-hybridized carbons (Fsp3) is 0.577. The second kappa shape index (κ2) is 12.5. The Bertz CT molecular complexity index is 1170. The molecule has 2 aliphatic rings. The summed E-state index contributed by atoms with van der Waals surface area (Å²) in [5.41, 5.74) is 1.14. The number of anilines is 1. The molecule has 3 rings (SSSR count). The summed E-state index contributed by atoms with van der Waals surface area (Å²) in [6.45, 7) is 8.54. The van der Waals surface area contributed by atoms with Crippen LogP contribution in [0, 0.1) is 24.2 Å². The zero-order chi connectivity index (χ0) is 26.4. The summed E-state index contributed by atoms with van der Waals surface area (Å²) in [4.78, 5) is 41.6. The summed E-state index contributed by atoms with van der Waals surface area (Å²) in [5.74, 6) is 0.252. The van der Waals surface area contributed by atoms with Gasteiger partial charge in [-0.3, -0.25) is 23.9 Å². The van der Waals surface area contributed by atoms with Crippen molar-refractivity contribution in [3.05, 3.63) is 31.9 Å². The molecule has 1 aromatic rings. The van der Waals surface area contributed by atoms with Gasteiger partial charge in [-0.25, -0.2) is 0 Å². The first-order valence-corrected chi connectivity index (χ1v) is 13.8. The Labute approximate surface area is 221 Å². The number of thioether (sulfide) groups is 1. The van der Waals surface area contributed by atoms with Crippen LogP contribution in [-0.2, 0) is 16.1 Å². The van der Waals surface area contributed by atoms with Gasteiger partial charge < -0.3 is 10.0 Å². The Balaban J connectivity index is 2.00. The third-order valence-corrected chi connectivity index (χ3v) is 8.05. The van der Waals surface area contributed by atoms with Gasteiger partial charge >= 0.3 is 5.97 Å². The second-order valence-corrected chi connectivity index (χ2v) is 11.2. The van der Waals surface area contributed by atoms with Crippen LogP contribution in [0.3, 0.4) is 0 Å². The number of carboxylic acids is 1. The zero-order valence-electron chi connectivity index (χ0n) is 21.2. The molecule has 1 unspecified atom stereocenters. The van der Waals surface area contributed by atoms with Crippen LogP contribution in [0.4, 0.5) is 5.82 Å². The molecule has 36 heavy (non-hydrogen) atoms. The van der Waals surface area contributed by atoms with Crippen molar-refractivity contribution in [1.82, 2.24) is 9.47 Å². The smallest absolute Gasteiger partial charge is 0.303 e. The van der Waals surface area contributed by atoms with Crippen molar-refractivity contribution in [3.8, 4) is 6.07 Å². The molecule has 2 aliphatic heterocycles. The van der Waals surface area contributed by atoms with Gasteiger partial charge in [-0.2, -0.15) is 5.26 Å². The van der Waals surface area contributed by atoms with Crippen molar-refractivity contribution in [2.75, 3.05) is 24.5 Å². The van der Waals surface area contributed by atoms with E-state index in [0.29, 0.717) is 53.1 Å². The zero-order valence-corrected chi connectivity index (χ0v) is 22.8. The number of piperidine rings is 1. The average Bonchev–Trinajstić information content (AvgIpc) is 3.09. The Morgan fingerprint density at radius 2 is 2.03 bits per heavy atom. The number of unbranched alkanes of at least 4 members (excludes halogenated alkanes) is 2. The molecule has 194 valence electrons. The van der Waals surface area contributed by atoms with E-state index in [2.05, 4.69) is 17.9 Å². The highest BCUT2D eigenvalue weighted by Crippen LogP contribution is 2.37. The summed E-state index contributed by atoms with van der Waals surface area (Å²) in [6.07, 6.45) is 6.74. The third kappa shape index (κ3) is 6.19. The van der Waals surface area contributed by atoms with Crippen LogP contribution in [-0.4, -0.2) is 50.4 Å². The van der Waals surface area contributed by atoms with Crippen LogP contribution in [0.2, 0.25) is 0 Å². The molecule has 1 N–H and O–H groups in total. The minimum atomic E-state index is -0.820. The number of carboxylic acid groups (broad SMARTS) is 1. The highest BCUT2D eigenvalue weighted by molar-refractivity contribution is 8.26. The maximum Gasteiger partial charge on any atom is 0.303 e. The van der Waals surface area contributed by atoms with E-state index in [1.54, 1.807) is 22.5 Å². The van der Waals surface area contributed by atoms with Gasteiger partial charge in [0.15, 0.2) is 0 Å². The van der Waals surface area contributed by atoms with E-state index in [-0.39, 0.29) is 23.5 Å². The molecule has 0 aromatic carbocycles. The number of amides is 1. The maximum absolute atomic E-state index is 13.3. The lowest BCUT2D eigenvalue weighted by Crippen LogP contribution is -2.40. The number of carbonyl (C=O) groups is 2. The number of nitrogens with zero attached hydrogens (tertiary/aromatic N) is 4. The minimum Gasteiger partial charge on any atom is -0.481 e. The van der Waals surface area contributed by atoms with Gasteiger partial charge in [-0.05, 0) is 56.6 Å². The molecule has 0 saturated carbocycles. The fourth-order valence-electron chi connectivity index (χ4n) is 4.84. The van der Waals surface area contributed by atoms with Crippen LogP contribution in [0.15, 0.2) is 9.70 Å². The minimum absolute atomic E-state index is 0.109. The van der Waals surface area contributed by atoms with Crippen molar-refractivity contribution in [3.63, 3.8) is 0 Å². The van der Waals surface area contributed by atoms with Crippen LogP contribution < -0.4 is 10.5 Å². The quantitative estimate of drug-likeness (QED) is 0.267. The van der Waals surface area contributed by atoms with Crippen molar-refractivity contribution in [2.24, 2.45) is 5.92 Å². The molecule has 1 amide bonds. The van der Waals surface area contributed by atoms with Gasteiger partial charge in [0.05, 0.1) is 4.91 Å². The molecule has 0 spiro atoms. The number of aliphatic carboxylic acids is 1. The van der Waals surface area contributed by atoms with Crippen LogP contribution in [0.5, 0.6) is 0 Å². The van der Waals surface area contributed by atoms with Gasteiger partial charge in [0.25, 0.3) is 11.5 Å². The van der Waals surface area contributed by atoms with Crippen LogP contribution in [0.1, 0.15) is 75.5 Å². The van der Waals surface area contributed by atoms with Gasteiger partial charge in [0, 0.05) is 38.2 Å². The van der Waals surface area contributed by atoms with E-state index in [4.69, 9.17) is 17.3 Å². The molecule has 3 heterocycles. The van der Waals surface area contributed by atoms with Crippen molar-refractivity contribution in [1.29, 1.82) is 5.26 Å². The molecule has 1 aromatic heterocycles. The van der Waals surface area contributed by atoms with Crippen molar-refractivity contribution >= 4 is 52.1 Å². The number of pyridine rings is 1. The number of hydrogen-bond donors (Lipinski definition) is 1. The highest BCUT2D eigenvalue weighted by atomic mass is 32.2. The van der Waals surface area contributed by atoms with Gasteiger partial charge in [0.1, 0.15) is 21.8 Å².